The van der Waals surface area contributed by atoms with E-state index < -0.39 is 46.5 Å². The van der Waals surface area contributed by atoms with Crippen LogP contribution < -0.4 is 5.32 Å². The molecule has 12 heteroatoms. The second-order valence-electron chi connectivity index (χ2n) is 11.2. The molecule has 1 fully saturated rings. The lowest BCUT2D eigenvalue weighted by Gasteiger charge is -2.45. The van der Waals surface area contributed by atoms with E-state index >= 15 is 0 Å². The molecule has 0 aliphatic carbocycles. The minimum atomic E-state index is -2.40. The highest BCUT2D eigenvalue weighted by Crippen LogP contribution is 2.32. The van der Waals surface area contributed by atoms with Gasteiger partial charge in [-0.05, 0) is 22.3 Å². The van der Waals surface area contributed by atoms with Gasteiger partial charge in [-0.3, -0.25) is 10.1 Å². The van der Waals surface area contributed by atoms with Crippen LogP contribution in [0.2, 0.25) is 0 Å². The quantitative estimate of drug-likeness (QED) is 0.135. The zero-order valence-electron chi connectivity index (χ0n) is 26.4. The molecule has 1 aliphatic heterocycles. The molecule has 1 N–H and O–H groups in total. The molecule has 5 atom stereocenters. The topological polar surface area (TPSA) is 102 Å². The van der Waals surface area contributed by atoms with E-state index in [0.29, 0.717) is 6.61 Å². The van der Waals surface area contributed by atoms with Crippen molar-refractivity contribution < 1.29 is 38.0 Å². The van der Waals surface area contributed by atoms with Gasteiger partial charge in [-0.25, -0.2) is 4.79 Å². The molecule has 1 aliphatic rings. The third-order valence-electron chi connectivity index (χ3n) is 7.54. The Hall–Kier alpha value is -3.51. The molecule has 1 heterocycles. The summed E-state index contributed by atoms with van der Waals surface area (Å²) in [4.78, 5) is 25.3. The van der Waals surface area contributed by atoms with Gasteiger partial charge in [0.2, 0.25) is 6.29 Å². The molecule has 49 heavy (non-hydrogen) atoms. The Morgan fingerprint density at radius 3 is 1.45 bits per heavy atom. The molecule has 4 aromatic rings. The summed E-state index contributed by atoms with van der Waals surface area (Å²) in [7, 11) is 0. The summed E-state index contributed by atoms with van der Waals surface area (Å²) in [5.74, 6) is -1.19. The van der Waals surface area contributed by atoms with Gasteiger partial charge in [-0.2, -0.15) is 0 Å². The average Bonchev–Trinajstić information content (AvgIpc) is 3.11. The van der Waals surface area contributed by atoms with Crippen LogP contribution in [0.5, 0.6) is 0 Å². The van der Waals surface area contributed by atoms with Crippen LogP contribution >= 0.6 is 34.8 Å². The lowest BCUT2D eigenvalue weighted by molar-refractivity contribution is -0.315. The summed E-state index contributed by atoms with van der Waals surface area (Å²) in [5, 5.41) is 1.94. The fraction of sp³-hybridized carbons (Fsp3) is 0.297. The standard InChI is InChI=1S/C37H36Cl3NO8/c38-37(39,40)35(42)41-36(43)49-34-33(47-24-29-19-11-4-12-20-29)32(46-23-28-17-9-3-10-18-28)31(45-22-27-15-7-2-8-16-27)30(48-34)25-44-21-26-13-5-1-6-14-26/h1-20,30-34H,21-25H2,(H,41,42,43)/t30-,31+,32+,33-,34?/m1/s1. The Kier molecular flexibility index (Phi) is 13.9. The zero-order chi connectivity index (χ0) is 34.5. The lowest BCUT2D eigenvalue weighted by atomic mass is 9.97. The van der Waals surface area contributed by atoms with Crippen molar-refractivity contribution in [2.45, 2.75) is 60.9 Å². The van der Waals surface area contributed by atoms with Gasteiger partial charge in [0, 0.05) is 0 Å². The molecule has 0 saturated carbocycles. The summed E-state index contributed by atoms with van der Waals surface area (Å²) in [6.07, 6.45) is -6.06. The number of alkyl carbamates (subject to hydrolysis) is 1. The van der Waals surface area contributed by atoms with Crippen molar-refractivity contribution in [2.24, 2.45) is 0 Å². The Morgan fingerprint density at radius 2 is 1.00 bits per heavy atom. The minimum Gasteiger partial charge on any atom is -0.416 e. The van der Waals surface area contributed by atoms with E-state index in [0.717, 1.165) is 22.3 Å². The van der Waals surface area contributed by atoms with Crippen molar-refractivity contribution in [3.63, 3.8) is 0 Å². The maximum Gasteiger partial charge on any atom is 0.416 e. The molecule has 4 aromatic carbocycles. The summed E-state index contributed by atoms with van der Waals surface area (Å²) < 4.78 is 35.3. The molecule has 9 nitrogen and oxygen atoms in total. The van der Waals surface area contributed by atoms with E-state index in [1.807, 2.05) is 127 Å². The van der Waals surface area contributed by atoms with Gasteiger partial charge < -0.3 is 28.4 Å². The number of hydrogen-bond donors (Lipinski definition) is 1. The van der Waals surface area contributed by atoms with Gasteiger partial charge in [0.05, 0.1) is 33.0 Å². The molecule has 258 valence electrons. The van der Waals surface area contributed by atoms with Gasteiger partial charge in [-0.15, -0.1) is 0 Å². The Morgan fingerprint density at radius 1 is 0.592 bits per heavy atom. The van der Waals surface area contributed by atoms with E-state index in [-0.39, 0.29) is 26.4 Å². The van der Waals surface area contributed by atoms with Crippen molar-refractivity contribution in [1.82, 2.24) is 5.32 Å². The number of hydrogen-bond acceptors (Lipinski definition) is 8. The number of halogens is 3. The van der Waals surface area contributed by atoms with Gasteiger partial charge in [-0.1, -0.05) is 156 Å². The molecule has 0 aromatic heterocycles. The van der Waals surface area contributed by atoms with Gasteiger partial charge in [0.1, 0.15) is 24.4 Å². The maximum atomic E-state index is 13.0. The molecule has 2 amide bonds. The largest absolute Gasteiger partial charge is 0.416 e. The highest BCUT2D eigenvalue weighted by atomic mass is 35.6. The first-order chi connectivity index (χ1) is 23.8. The fourth-order valence-corrected chi connectivity index (χ4v) is 5.28. The molecular weight excluding hydrogens is 693 g/mol. The molecule has 0 spiro atoms. The third kappa shape index (κ3) is 11.5. The van der Waals surface area contributed by atoms with Crippen molar-refractivity contribution in [2.75, 3.05) is 6.61 Å². The van der Waals surface area contributed by atoms with Crippen molar-refractivity contribution in [3.05, 3.63) is 144 Å². The minimum absolute atomic E-state index is 0.0412. The number of alkyl halides is 3. The van der Waals surface area contributed by atoms with Crippen molar-refractivity contribution in [3.8, 4) is 0 Å². The van der Waals surface area contributed by atoms with Crippen molar-refractivity contribution in [1.29, 1.82) is 0 Å². The Balaban J connectivity index is 1.46. The van der Waals surface area contributed by atoms with Gasteiger partial charge in [0.15, 0.2) is 0 Å². The summed E-state index contributed by atoms with van der Waals surface area (Å²) in [6.45, 7) is 0.864. The van der Waals surface area contributed by atoms with Gasteiger partial charge in [0.25, 0.3) is 9.70 Å². The molecule has 1 unspecified atom stereocenters. The second-order valence-corrected chi connectivity index (χ2v) is 13.5. The van der Waals surface area contributed by atoms with Crippen LogP contribution in [0, 0.1) is 0 Å². The SMILES string of the molecule is O=C(NC(=O)C(Cl)(Cl)Cl)OC1O[C@H](COCc2ccccc2)[C@H](OCc2ccccc2)[C@H](OCc2ccccc2)[C@H]1OCc1ccccc1. The lowest BCUT2D eigenvalue weighted by Crippen LogP contribution is -2.62. The monoisotopic (exact) mass is 727 g/mol. The van der Waals surface area contributed by atoms with Crippen LogP contribution in [-0.2, 0) is 59.6 Å². The first-order valence-electron chi connectivity index (χ1n) is 15.6. The van der Waals surface area contributed by atoms with Crippen LogP contribution in [0.4, 0.5) is 4.79 Å². The number of benzene rings is 4. The molecule has 5 rings (SSSR count). The fourth-order valence-electron chi connectivity index (χ4n) is 5.14. The second kappa shape index (κ2) is 18.5. The van der Waals surface area contributed by atoms with Crippen LogP contribution in [0.25, 0.3) is 0 Å². The number of carbonyl (C=O) groups excluding carboxylic acids is 2. The number of amides is 2. The normalized spacial score (nSPS) is 20.8. The summed E-state index contributed by atoms with van der Waals surface area (Å²) >= 11 is 17.0. The Labute approximate surface area is 300 Å². The van der Waals surface area contributed by atoms with E-state index in [2.05, 4.69) is 0 Å². The summed E-state index contributed by atoms with van der Waals surface area (Å²) in [6, 6.07) is 38.4. The predicted molar refractivity (Wildman–Crippen MR) is 185 cm³/mol. The average molecular weight is 729 g/mol. The number of rotatable bonds is 14. The Bertz CT molecular complexity index is 1580. The predicted octanol–water partition coefficient (Wildman–Crippen LogP) is 7.31. The van der Waals surface area contributed by atoms with E-state index in [1.165, 1.54) is 0 Å². The third-order valence-corrected chi connectivity index (χ3v) is 8.05. The van der Waals surface area contributed by atoms with Crippen molar-refractivity contribution >= 4 is 46.8 Å². The van der Waals surface area contributed by atoms with Crippen LogP contribution in [0.1, 0.15) is 22.3 Å². The van der Waals surface area contributed by atoms with Crippen LogP contribution in [-0.4, -0.2) is 53.1 Å². The molecule has 0 bridgehead atoms. The van der Waals surface area contributed by atoms with E-state index in [4.69, 9.17) is 63.2 Å². The van der Waals surface area contributed by atoms with Gasteiger partial charge >= 0.3 is 6.09 Å². The van der Waals surface area contributed by atoms with E-state index in [9.17, 15) is 9.59 Å². The smallest absolute Gasteiger partial charge is 0.416 e. The maximum absolute atomic E-state index is 13.0. The number of ether oxygens (including phenoxy) is 6. The number of nitrogens with one attached hydrogen (secondary N) is 1. The summed E-state index contributed by atoms with van der Waals surface area (Å²) in [5.41, 5.74) is 3.64. The number of imide groups is 1. The first kappa shape index (κ1) is 36.8. The van der Waals surface area contributed by atoms with Crippen LogP contribution in [0.3, 0.4) is 0 Å². The first-order valence-corrected chi connectivity index (χ1v) is 16.7. The molecule has 1 saturated heterocycles. The van der Waals surface area contributed by atoms with E-state index in [1.54, 1.807) is 0 Å². The highest BCUT2D eigenvalue weighted by molar-refractivity contribution is 6.76. The number of carbonyl (C=O) groups is 2. The van der Waals surface area contributed by atoms with Crippen LogP contribution in [0.15, 0.2) is 121 Å². The molecule has 0 radical (unpaired) electrons. The molecular formula is C37H36Cl3NO8. The highest BCUT2D eigenvalue weighted by Gasteiger charge is 2.50. The zero-order valence-corrected chi connectivity index (χ0v) is 28.6.